The van der Waals surface area contributed by atoms with E-state index in [0.29, 0.717) is 10.6 Å². The van der Waals surface area contributed by atoms with Crippen molar-refractivity contribution in [3.8, 4) is 0 Å². The standard InChI is InChI=1S/C11H15ClN2O2S2/c1-7(6-18(2,15)16)14-8-3-4-9(11(13)17)10(12)5-8/h3-5,7,14H,6H2,1-2H3,(H2,13,17). The molecule has 1 aromatic rings. The van der Waals surface area contributed by atoms with E-state index in [2.05, 4.69) is 5.32 Å². The van der Waals surface area contributed by atoms with E-state index in [4.69, 9.17) is 29.6 Å². The van der Waals surface area contributed by atoms with Gasteiger partial charge in [-0.05, 0) is 25.1 Å². The zero-order valence-corrected chi connectivity index (χ0v) is 12.5. The van der Waals surface area contributed by atoms with Crippen LogP contribution in [0.4, 0.5) is 5.69 Å². The number of nitrogens with two attached hydrogens (primary N) is 1. The van der Waals surface area contributed by atoms with Crippen molar-refractivity contribution in [3.63, 3.8) is 0 Å². The molecule has 0 saturated carbocycles. The van der Waals surface area contributed by atoms with E-state index in [-0.39, 0.29) is 16.8 Å². The van der Waals surface area contributed by atoms with Gasteiger partial charge in [-0.3, -0.25) is 0 Å². The van der Waals surface area contributed by atoms with Crippen molar-refractivity contribution in [1.82, 2.24) is 0 Å². The van der Waals surface area contributed by atoms with Crippen molar-refractivity contribution in [2.75, 3.05) is 17.3 Å². The lowest BCUT2D eigenvalue weighted by Gasteiger charge is -2.15. The predicted octanol–water partition coefficient (Wildman–Crippen LogP) is 1.82. The van der Waals surface area contributed by atoms with Crippen molar-refractivity contribution < 1.29 is 8.42 Å². The van der Waals surface area contributed by atoms with Crippen molar-refractivity contribution >= 4 is 44.3 Å². The Morgan fingerprint density at radius 2 is 2.17 bits per heavy atom. The molecule has 0 bridgehead atoms. The highest BCUT2D eigenvalue weighted by molar-refractivity contribution is 7.90. The van der Waals surface area contributed by atoms with Crippen LogP contribution in [0.1, 0.15) is 12.5 Å². The monoisotopic (exact) mass is 306 g/mol. The van der Waals surface area contributed by atoms with E-state index in [9.17, 15) is 8.42 Å². The Labute approximate surface area is 117 Å². The molecule has 18 heavy (non-hydrogen) atoms. The third-order valence-electron chi connectivity index (χ3n) is 2.20. The number of hydrogen-bond donors (Lipinski definition) is 2. The Kier molecular flexibility index (Phi) is 4.95. The molecule has 0 saturated heterocycles. The second kappa shape index (κ2) is 5.86. The summed E-state index contributed by atoms with van der Waals surface area (Å²) in [4.78, 5) is 0.232. The van der Waals surface area contributed by atoms with Crippen LogP contribution in [-0.2, 0) is 9.84 Å². The van der Waals surface area contributed by atoms with Gasteiger partial charge in [0.05, 0.1) is 10.8 Å². The number of thiocarbonyl (C=S) groups is 1. The summed E-state index contributed by atoms with van der Waals surface area (Å²) in [6.45, 7) is 1.79. The van der Waals surface area contributed by atoms with Crippen LogP contribution in [0.3, 0.4) is 0 Å². The molecular formula is C11H15ClN2O2S2. The lowest BCUT2D eigenvalue weighted by Crippen LogP contribution is -2.25. The molecule has 1 aromatic carbocycles. The topological polar surface area (TPSA) is 72.2 Å². The van der Waals surface area contributed by atoms with Crippen LogP contribution in [-0.4, -0.2) is 31.5 Å². The summed E-state index contributed by atoms with van der Waals surface area (Å²) in [5, 5.41) is 3.50. The van der Waals surface area contributed by atoms with Crippen molar-refractivity contribution in [2.45, 2.75) is 13.0 Å². The van der Waals surface area contributed by atoms with Crippen LogP contribution in [0.5, 0.6) is 0 Å². The maximum atomic E-state index is 11.1. The number of hydrogen-bond acceptors (Lipinski definition) is 4. The summed E-state index contributed by atoms with van der Waals surface area (Å²) in [5.41, 5.74) is 6.83. The minimum absolute atomic E-state index is 0.0572. The summed E-state index contributed by atoms with van der Waals surface area (Å²) < 4.78 is 22.3. The number of rotatable bonds is 5. The number of benzene rings is 1. The SMILES string of the molecule is CC(CS(C)(=O)=O)Nc1ccc(C(N)=S)c(Cl)c1. The molecule has 0 aromatic heterocycles. The van der Waals surface area contributed by atoms with Gasteiger partial charge >= 0.3 is 0 Å². The molecule has 0 heterocycles. The molecule has 1 rings (SSSR count). The molecule has 1 unspecified atom stereocenters. The minimum Gasteiger partial charge on any atom is -0.389 e. The Hall–Kier alpha value is -0.850. The lowest BCUT2D eigenvalue weighted by molar-refractivity contribution is 0.598. The summed E-state index contributed by atoms with van der Waals surface area (Å²) >= 11 is 10.9. The molecule has 4 nitrogen and oxygen atoms in total. The number of nitrogens with one attached hydrogen (secondary N) is 1. The quantitative estimate of drug-likeness (QED) is 0.812. The van der Waals surface area contributed by atoms with Crippen molar-refractivity contribution in [2.24, 2.45) is 5.73 Å². The summed E-state index contributed by atoms with van der Waals surface area (Å²) in [5.74, 6) is 0.0572. The van der Waals surface area contributed by atoms with Crippen LogP contribution in [0.25, 0.3) is 0 Å². The number of sulfone groups is 1. The fraction of sp³-hybridized carbons (Fsp3) is 0.364. The van der Waals surface area contributed by atoms with Gasteiger partial charge in [-0.1, -0.05) is 23.8 Å². The second-order valence-electron chi connectivity index (χ2n) is 4.20. The van der Waals surface area contributed by atoms with Gasteiger partial charge in [-0.2, -0.15) is 0 Å². The average Bonchev–Trinajstić information content (AvgIpc) is 2.13. The van der Waals surface area contributed by atoms with E-state index in [1.54, 1.807) is 25.1 Å². The maximum Gasteiger partial charge on any atom is 0.149 e. The first-order valence-electron chi connectivity index (χ1n) is 5.22. The molecule has 0 aliphatic heterocycles. The summed E-state index contributed by atoms with van der Waals surface area (Å²) in [7, 11) is -3.01. The van der Waals surface area contributed by atoms with Gasteiger partial charge in [0.25, 0.3) is 0 Å². The first kappa shape index (κ1) is 15.2. The van der Waals surface area contributed by atoms with E-state index >= 15 is 0 Å². The summed E-state index contributed by atoms with van der Waals surface area (Å²) in [6, 6.07) is 4.94. The second-order valence-corrected chi connectivity index (χ2v) is 7.23. The summed E-state index contributed by atoms with van der Waals surface area (Å²) in [6.07, 6.45) is 1.20. The first-order chi connectivity index (χ1) is 8.19. The molecular weight excluding hydrogens is 292 g/mol. The van der Waals surface area contributed by atoms with Crippen molar-refractivity contribution in [3.05, 3.63) is 28.8 Å². The highest BCUT2D eigenvalue weighted by Crippen LogP contribution is 2.21. The van der Waals surface area contributed by atoms with Gasteiger partial charge in [-0.15, -0.1) is 0 Å². The predicted molar refractivity (Wildman–Crippen MR) is 80.1 cm³/mol. The van der Waals surface area contributed by atoms with E-state index in [0.717, 1.165) is 5.69 Å². The molecule has 0 spiro atoms. The van der Waals surface area contributed by atoms with E-state index < -0.39 is 9.84 Å². The van der Waals surface area contributed by atoms with E-state index in [1.165, 1.54) is 6.26 Å². The zero-order chi connectivity index (χ0) is 13.9. The largest absolute Gasteiger partial charge is 0.389 e. The Morgan fingerprint density at radius 1 is 1.56 bits per heavy atom. The molecule has 0 aliphatic carbocycles. The van der Waals surface area contributed by atoms with Gasteiger partial charge in [0.1, 0.15) is 14.8 Å². The average molecular weight is 307 g/mol. The van der Waals surface area contributed by atoms with Crippen LogP contribution in [0.2, 0.25) is 5.02 Å². The third-order valence-corrected chi connectivity index (χ3v) is 3.84. The van der Waals surface area contributed by atoms with Gasteiger partial charge < -0.3 is 11.1 Å². The molecule has 7 heteroatoms. The van der Waals surface area contributed by atoms with Gasteiger partial charge in [0, 0.05) is 23.5 Å². The van der Waals surface area contributed by atoms with Crippen LogP contribution in [0.15, 0.2) is 18.2 Å². The highest BCUT2D eigenvalue weighted by atomic mass is 35.5. The van der Waals surface area contributed by atoms with Crippen LogP contribution >= 0.6 is 23.8 Å². The van der Waals surface area contributed by atoms with Gasteiger partial charge in [-0.25, -0.2) is 8.42 Å². The molecule has 0 aliphatic rings. The normalized spacial score (nSPS) is 13.1. The Bertz CT molecular complexity index is 558. The molecule has 0 radical (unpaired) electrons. The minimum atomic E-state index is -3.01. The molecule has 100 valence electrons. The van der Waals surface area contributed by atoms with Crippen LogP contribution < -0.4 is 11.1 Å². The smallest absolute Gasteiger partial charge is 0.149 e. The molecule has 3 N–H and O–H groups in total. The third kappa shape index (κ3) is 4.80. The molecule has 0 fully saturated rings. The molecule has 0 amide bonds. The number of anilines is 1. The Balaban J connectivity index is 2.81. The Morgan fingerprint density at radius 3 is 2.61 bits per heavy atom. The fourth-order valence-corrected chi connectivity index (χ4v) is 3.09. The maximum absolute atomic E-state index is 11.1. The van der Waals surface area contributed by atoms with E-state index in [1.807, 2.05) is 0 Å². The number of halogens is 1. The zero-order valence-electron chi connectivity index (χ0n) is 10.1. The lowest BCUT2D eigenvalue weighted by atomic mass is 10.2. The van der Waals surface area contributed by atoms with Crippen LogP contribution in [0, 0.1) is 0 Å². The van der Waals surface area contributed by atoms with Crippen molar-refractivity contribution in [1.29, 1.82) is 0 Å². The highest BCUT2D eigenvalue weighted by Gasteiger charge is 2.11. The molecule has 1 atom stereocenters. The fourth-order valence-electron chi connectivity index (χ4n) is 1.59. The van der Waals surface area contributed by atoms with Gasteiger partial charge in [0.2, 0.25) is 0 Å². The first-order valence-corrected chi connectivity index (χ1v) is 8.07. The van der Waals surface area contributed by atoms with Gasteiger partial charge in [0.15, 0.2) is 0 Å².